The molecule has 0 bridgehead atoms. The van der Waals surface area contributed by atoms with Gasteiger partial charge in [0.25, 0.3) is 0 Å². The standard InChI is InChI=1S/C14H16N2OS/c1-3-4-5-12-6-8-13(9-7-12)18-16-14-10-11(2)17-15-14/h3,6-10H,1,4-5H2,2H3,(H,15,16). The summed E-state index contributed by atoms with van der Waals surface area (Å²) in [6, 6.07) is 10.3. The van der Waals surface area contributed by atoms with Crippen LogP contribution in [0.4, 0.5) is 5.82 Å². The maximum atomic E-state index is 4.98. The number of benzene rings is 1. The molecule has 0 spiro atoms. The minimum atomic E-state index is 0.744. The first-order chi connectivity index (χ1) is 8.78. The zero-order valence-electron chi connectivity index (χ0n) is 10.3. The van der Waals surface area contributed by atoms with E-state index in [4.69, 9.17) is 4.52 Å². The van der Waals surface area contributed by atoms with Gasteiger partial charge in [-0.2, -0.15) is 0 Å². The molecule has 2 rings (SSSR count). The molecular weight excluding hydrogens is 244 g/mol. The van der Waals surface area contributed by atoms with Crippen molar-refractivity contribution in [3.05, 3.63) is 54.3 Å². The van der Waals surface area contributed by atoms with Crippen molar-refractivity contribution >= 4 is 17.8 Å². The summed E-state index contributed by atoms with van der Waals surface area (Å²) in [5.41, 5.74) is 1.33. The zero-order chi connectivity index (χ0) is 12.8. The molecule has 18 heavy (non-hydrogen) atoms. The third-order valence-electron chi connectivity index (χ3n) is 2.46. The van der Waals surface area contributed by atoms with Gasteiger partial charge in [-0.1, -0.05) is 23.4 Å². The van der Waals surface area contributed by atoms with E-state index in [1.807, 2.05) is 19.1 Å². The van der Waals surface area contributed by atoms with Crippen molar-refractivity contribution < 1.29 is 4.52 Å². The van der Waals surface area contributed by atoms with Gasteiger partial charge in [-0.25, -0.2) is 0 Å². The number of nitrogens with zero attached hydrogens (tertiary/aromatic N) is 1. The minimum absolute atomic E-state index is 0.744. The molecule has 3 nitrogen and oxygen atoms in total. The molecule has 94 valence electrons. The van der Waals surface area contributed by atoms with Crippen molar-refractivity contribution in [2.75, 3.05) is 4.72 Å². The average Bonchev–Trinajstić information content (AvgIpc) is 2.81. The topological polar surface area (TPSA) is 38.1 Å². The van der Waals surface area contributed by atoms with Gasteiger partial charge >= 0.3 is 0 Å². The lowest BCUT2D eigenvalue weighted by molar-refractivity contribution is 0.400. The number of aromatic nitrogens is 1. The number of hydrogen-bond donors (Lipinski definition) is 1. The molecule has 0 saturated heterocycles. The van der Waals surface area contributed by atoms with Crippen LogP contribution in [0, 0.1) is 6.92 Å². The third-order valence-corrected chi connectivity index (χ3v) is 3.28. The SMILES string of the molecule is C=CCCc1ccc(SNc2cc(C)on2)cc1. The van der Waals surface area contributed by atoms with E-state index in [-0.39, 0.29) is 0 Å². The lowest BCUT2D eigenvalue weighted by Crippen LogP contribution is -1.87. The highest BCUT2D eigenvalue weighted by Crippen LogP contribution is 2.21. The summed E-state index contributed by atoms with van der Waals surface area (Å²) in [7, 11) is 0. The Labute approximate surface area is 111 Å². The van der Waals surface area contributed by atoms with Gasteiger partial charge in [0, 0.05) is 11.0 Å². The highest BCUT2D eigenvalue weighted by Gasteiger charge is 2.00. The molecule has 0 aliphatic rings. The molecule has 0 radical (unpaired) electrons. The van der Waals surface area contributed by atoms with E-state index >= 15 is 0 Å². The highest BCUT2D eigenvalue weighted by molar-refractivity contribution is 8.00. The summed E-state index contributed by atoms with van der Waals surface area (Å²) in [4.78, 5) is 1.15. The molecule has 0 amide bonds. The van der Waals surface area contributed by atoms with Crippen LogP contribution < -0.4 is 4.72 Å². The summed E-state index contributed by atoms with van der Waals surface area (Å²) in [5, 5.41) is 3.87. The normalized spacial score (nSPS) is 10.3. The number of aryl methyl sites for hydroxylation is 2. The van der Waals surface area contributed by atoms with Gasteiger partial charge < -0.3 is 9.25 Å². The van der Waals surface area contributed by atoms with Gasteiger partial charge in [-0.15, -0.1) is 6.58 Å². The van der Waals surface area contributed by atoms with Crippen LogP contribution in [0.2, 0.25) is 0 Å². The fourth-order valence-corrected chi connectivity index (χ4v) is 2.11. The van der Waals surface area contributed by atoms with Gasteiger partial charge in [0.15, 0.2) is 5.82 Å². The Bertz CT molecular complexity index is 505. The van der Waals surface area contributed by atoms with Crippen LogP contribution in [0.1, 0.15) is 17.7 Å². The third kappa shape index (κ3) is 3.67. The van der Waals surface area contributed by atoms with Gasteiger partial charge in [-0.3, -0.25) is 0 Å². The zero-order valence-corrected chi connectivity index (χ0v) is 11.2. The number of allylic oxidation sites excluding steroid dienone is 1. The Balaban J connectivity index is 1.88. The maximum Gasteiger partial charge on any atom is 0.179 e. The molecular formula is C14H16N2OS. The van der Waals surface area contributed by atoms with Crippen molar-refractivity contribution in [3.8, 4) is 0 Å². The molecule has 4 heteroatoms. The second kappa shape index (κ2) is 6.31. The van der Waals surface area contributed by atoms with Crippen LogP contribution in [0.15, 0.2) is 52.4 Å². The van der Waals surface area contributed by atoms with Gasteiger partial charge in [0.1, 0.15) is 5.76 Å². The monoisotopic (exact) mass is 260 g/mol. The lowest BCUT2D eigenvalue weighted by Gasteiger charge is -2.03. The largest absolute Gasteiger partial charge is 0.360 e. The average molecular weight is 260 g/mol. The molecule has 1 aromatic heterocycles. The van der Waals surface area contributed by atoms with Crippen LogP contribution in [0.5, 0.6) is 0 Å². The molecule has 0 saturated carbocycles. The molecule has 0 aliphatic carbocycles. The molecule has 0 unspecified atom stereocenters. The van der Waals surface area contributed by atoms with Crippen LogP contribution in [0.3, 0.4) is 0 Å². The van der Waals surface area contributed by atoms with Crippen LogP contribution in [0.25, 0.3) is 0 Å². The fourth-order valence-electron chi connectivity index (χ4n) is 1.52. The molecule has 2 aromatic rings. The van der Waals surface area contributed by atoms with Crippen LogP contribution in [-0.4, -0.2) is 5.16 Å². The van der Waals surface area contributed by atoms with Gasteiger partial charge in [0.05, 0.1) is 0 Å². The maximum absolute atomic E-state index is 4.98. The summed E-state index contributed by atoms with van der Waals surface area (Å²) in [5.74, 6) is 1.55. The van der Waals surface area contributed by atoms with Crippen molar-refractivity contribution in [2.24, 2.45) is 0 Å². The number of rotatable bonds is 6. The minimum Gasteiger partial charge on any atom is -0.360 e. The predicted octanol–water partition coefficient (Wildman–Crippen LogP) is 4.22. The fraction of sp³-hybridized carbons (Fsp3) is 0.214. The quantitative estimate of drug-likeness (QED) is 0.623. The predicted molar refractivity (Wildman–Crippen MR) is 75.7 cm³/mol. The van der Waals surface area contributed by atoms with E-state index < -0.39 is 0 Å². The number of hydrogen-bond acceptors (Lipinski definition) is 4. The summed E-state index contributed by atoms with van der Waals surface area (Å²) in [6.07, 6.45) is 4.00. The van der Waals surface area contributed by atoms with Crippen molar-refractivity contribution in [1.82, 2.24) is 5.16 Å². The first kappa shape index (κ1) is 12.8. The molecule has 0 fully saturated rings. The molecule has 1 heterocycles. The van der Waals surface area contributed by atoms with Gasteiger partial charge in [-0.05, 0) is 49.4 Å². The van der Waals surface area contributed by atoms with E-state index in [1.165, 1.54) is 17.5 Å². The second-order valence-electron chi connectivity index (χ2n) is 4.00. The molecule has 0 aliphatic heterocycles. The first-order valence-corrected chi connectivity index (χ1v) is 6.65. The van der Waals surface area contributed by atoms with E-state index in [0.29, 0.717) is 0 Å². The van der Waals surface area contributed by atoms with Gasteiger partial charge in [0.2, 0.25) is 0 Å². The molecule has 1 N–H and O–H groups in total. The van der Waals surface area contributed by atoms with E-state index in [9.17, 15) is 0 Å². The van der Waals surface area contributed by atoms with Crippen molar-refractivity contribution in [1.29, 1.82) is 0 Å². The number of nitrogens with one attached hydrogen (secondary N) is 1. The smallest absolute Gasteiger partial charge is 0.179 e. The van der Waals surface area contributed by atoms with Crippen LogP contribution in [-0.2, 0) is 6.42 Å². The Morgan fingerprint density at radius 1 is 1.39 bits per heavy atom. The van der Waals surface area contributed by atoms with E-state index in [0.717, 1.165) is 29.3 Å². The van der Waals surface area contributed by atoms with E-state index in [2.05, 4.69) is 40.7 Å². The Morgan fingerprint density at radius 2 is 2.17 bits per heavy atom. The summed E-state index contributed by atoms with van der Waals surface area (Å²) < 4.78 is 8.12. The molecule has 1 aromatic carbocycles. The molecule has 0 atom stereocenters. The Hall–Kier alpha value is -1.68. The lowest BCUT2D eigenvalue weighted by atomic mass is 10.1. The first-order valence-electron chi connectivity index (χ1n) is 5.84. The van der Waals surface area contributed by atoms with Crippen molar-refractivity contribution in [2.45, 2.75) is 24.7 Å². The Morgan fingerprint density at radius 3 is 2.78 bits per heavy atom. The van der Waals surface area contributed by atoms with Crippen LogP contribution >= 0.6 is 11.9 Å². The van der Waals surface area contributed by atoms with E-state index in [1.54, 1.807) is 0 Å². The second-order valence-corrected chi connectivity index (χ2v) is 4.88. The summed E-state index contributed by atoms with van der Waals surface area (Å²) >= 11 is 1.53. The summed E-state index contributed by atoms with van der Waals surface area (Å²) in [6.45, 7) is 5.60. The highest BCUT2D eigenvalue weighted by atomic mass is 32.2. The Kier molecular flexibility index (Phi) is 4.47. The van der Waals surface area contributed by atoms with Crippen molar-refractivity contribution in [3.63, 3.8) is 0 Å². The number of anilines is 1.